The number of ether oxygens (including phenoxy) is 1. The number of nitrogens with two attached hydrogens (primary N) is 1. The van der Waals surface area contributed by atoms with Crippen molar-refractivity contribution in [1.82, 2.24) is 14.9 Å². The summed E-state index contributed by atoms with van der Waals surface area (Å²) in [5.74, 6) is 6.44. The summed E-state index contributed by atoms with van der Waals surface area (Å²) in [7, 11) is 1.52. The maximum atomic E-state index is 12.2. The number of carbonyl (C=O) groups excluding carboxylic acids is 1. The second kappa shape index (κ2) is 10.1. The number of hydrazone groups is 1. The Morgan fingerprint density at radius 1 is 1.29 bits per heavy atom. The number of hydrogen-bond acceptors (Lipinski definition) is 10. The number of rotatable bonds is 9. The highest BCUT2D eigenvalue weighted by molar-refractivity contribution is 7.99. The van der Waals surface area contributed by atoms with Crippen molar-refractivity contribution in [3.05, 3.63) is 64.2 Å². The number of hydrogen-bond donors (Lipinski definition) is 3. The largest absolute Gasteiger partial charge is 0.495 e. The van der Waals surface area contributed by atoms with E-state index < -0.39 is 4.92 Å². The van der Waals surface area contributed by atoms with Crippen molar-refractivity contribution in [2.24, 2.45) is 5.10 Å². The molecule has 0 bridgehead atoms. The van der Waals surface area contributed by atoms with Gasteiger partial charge in [0.05, 0.1) is 29.7 Å². The molecule has 0 saturated carbocycles. The van der Waals surface area contributed by atoms with Crippen LogP contribution in [0.3, 0.4) is 0 Å². The number of thioether (sulfide) groups is 1. The lowest BCUT2D eigenvalue weighted by atomic mass is 10.2. The van der Waals surface area contributed by atoms with Crippen LogP contribution in [-0.2, 0) is 4.79 Å². The van der Waals surface area contributed by atoms with Gasteiger partial charge in [-0.25, -0.2) is 10.1 Å². The summed E-state index contributed by atoms with van der Waals surface area (Å²) >= 11 is 1.10. The molecule has 4 N–H and O–H groups in total. The van der Waals surface area contributed by atoms with Crippen LogP contribution < -0.4 is 21.3 Å². The predicted octanol–water partition coefficient (Wildman–Crippen LogP) is 2.09. The third kappa shape index (κ3) is 5.70. The van der Waals surface area contributed by atoms with Gasteiger partial charge in [-0.3, -0.25) is 14.9 Å². The van der Waals surface area contributed by atoms with Gasteiger partial charge in [0.2, 0.25) is 11.1 Å². The first-order valence-corrected chi connectivity index (χ1v) is 9.76. The van der Waals surface area contributed by atoms with Gasteiger partial charge in [0.15, 0.2) is 0 Å². The van der Waals surface area contributed by atoms with Crippen molar-refractivity contribution in [3.63, 3.8) is 0 Å². The van der Waals surface area contributed by atoms with Gasteiger partial charge in [0, 0.05) is 12.1 Å². The van der Waals surface area contributed by atoms with Gasteiger partial charge >= 0.3 is 0 Å². The van der Waals surface area contributed by atoms with Crippen molar-refractivity contribution >= 4 is 41.2 Å². The molecule has 0 aliphatic carbocycles. The van der Waals surface area contributed by atoms with E-state index in [1.54, 1.807) is 36.4 Å². The fraction of sp³-hybridized carbons (Fsp3) is 0.111. The molecule has 1 amide bonds. The molecule has 31 heavy (non-hydrogen) atoms. The highest BCUT2D eigenvalue weighted by Gasteiger charge is 2.13. The highest BCUT2D eigenvalue weighted by atomic mass is 32.2. The first-order chi connectivity index (χ1) is 15.0. The van der Waals surface area contributed by atoms with E-state index in [-0.39, 0.29) is 23.3 Å². The molecular weight excluding hydrogens is 424 g/mol. The Labute approximate surface area is 180 Å². The van der Waals surface area contributed by atoms with Crippen LogP contribution in [0.2, 0.25) is 0 Å². The monoisotopic (exact) mass is 442 g/mol. The number of methoxy groups -OCH3 is 1. The van der Waals surface area contributed by atoms with E-state index in [1.807, 2.05) is 0 Å². The third-order valence-corrected chi connectivity index (χ3v) is 4.80. The number of non-ortho nitro benzene ring substituents is 1. The molecule has 0 saturated heterocycles. The average Bonchev–Trinajstić information content (AvgIpc) is 3.12. The molecule has 1 heterocycles. The highest BCUT2D eigenvalue weighted by Crippen LogP contribution is 2.24. The topological polar surface area (TPSA) is 163 Å². The second-order valence-corrected chi connectivity index (χ2v) is 6.87. The van der Waals surface area contributed by atoms with Crippen LogP contribution in [0.15, 0.2) is 58.8 Å². The van der Waals surface area contributed by atoms with Gasteiger partial charge in [-0.05, 0) is 29.8 Å². The Kier molecular flexibility index (Phi) is 7.01. The number of nitrogens with one attached hydrogen (secondary N) is 2. The molecule has 1 aromatic heterocycles. The predicted molar refractivity (Wildman–Crippen MR) is 117 cm³/mol. The normalized spacial score (nSPS) is 10.7. The van der Waals surface area contributed by atoms with Crippen molar-refractivity contribution in [1.29, 1.82) is 0 Å². The summed E-state index contributed by atoms with van der Waals surface area (Å²) in [6, 6.07) is 12.9. The smallest absolute Gasteiger partial charge is 0.269 e. The molecule has 0 spiro atoms. The maximum Gasteiger partial charge on any atom is 0.269 e. The van der Waals surface area contributed by atoms with E-state index in [1.165, 1.54) is 25.5 Å². The maximum absolute atomic E-state index is 12.2. The lowest BCUT2D eigenvalue weighted by Gasteiger charge is -2.09. The Bertz CT molecular complexity index is 1100. The summed E-state index contributed by atoms with van der Waals surface area (Å²) in [5.41, 5.74) is 3.83. The molecule has 0 fully saturated rings. The number of amides is 1. The lowest BCUT2D eigenvalue weighted by Crippen LogP contribution is -2.17. The summed E-state index contributed by atoms with van der Waals surface area (Å²) in [6.07, 6.45) is 1.45. The lowest BCUT2D eigenvalue weighted by molar-refractivity contribution is -0.384. The number of nitro benzene ring substituents is 1. The van der Waals surface area contributed by atoms with Crippen molar-refractivity contribution in [2.75, 3.05) is 29.4 Å². The van der Waals surface area contributed by atoms with Crippen LogP contribution in [0.25, 0.3) is 0 Å². The minimum Gasteiger partial charge on any atom is -0.495 e. The number of nitrogens with zero attached hydrogens (tertiary/aromatic N) is 5. The number of para-hydroxylation sites is 2. The minimum atomic E-state index is -0.480. The van der Waals surface area contributed by atoms with Gasteiger partial charge in [0.25, 0.3) is 11.6 Å². The van der Waals surface area contributed by atoms with Crippen molar-refractivity contribution < 1.29 is 14.5 Å². The second-order valence-electron chi connectivity index (χ2n) is 5.93. The van der Waals surface area contributed by atoms with Crippen LogP contribution in [-0.4, -0.2) is 44.8 Å². The minimum absolute atomic E-state index is 0.0109. The van der Waals surface area contributed by atoms with Gasteiger partial charge in [0.1, 0.15) is 5.75 Å². The Balaban J connectivity index is 1.53. The first kappa shape index (κ1) is 21.6. The standard InChI is InChI=1S/C18H18N8O4S/c1-30-15-5-3-2-4-14(15)21-16(27)11-31-18-24-23-17(25(18)19)22-20-10-12-6-8-13(9-7-12)26(28)29/h2-10H,11,19H2,1H3,(H,21,27)(H,22,23)/b20-10+. The van der Waals surface area contributed by atoms with Crippen LogP contribution in [0.5, 0.6) is 5.75 Å². The fourth-order valence-electron chi connectivity index (χ4n) is 2.36. The van der Waals surface area contributed by atoms with Gasteiger partial charge in [-0.1, -0.05) is 23.9 Å². The van der Waals surface area contributed by atoms with Crippen LogP contribution in [0, 0.1) is 10.1 Å². The quantitative estimate of drug-likeness (QED) is 0.148. The Morgan fingerprint density at radius 3 is 2.74 bits per heavy atom. The van der Waals surface area contributed by atoms with Crippen molar-refractivity contribution in [2.45, 2.75) is 5.16 Å². The number of aromatic nitrogens is 3. The Hall–Kier alpha value is -4.13. The number of nitrogen functional groups attached to an aromatic ring is 1. The van der Waals surface area contributed by atoms with Crippen LogP contribution in [0.4, 0.5) is 17.3 Å². The summed E-state index contributed by atoms with van der Waals surface area (Å²) in [5, 5.41) is 25.5. The molecule has 3 aromatic rings. The molecular formula is C18H18N8O4S. The van der Waals surface area contributed by atoms with Crippen molar-refractivity contribution in [3.8, 4) is 5.75 Å². The number of carbonyl (C=O) groups is 1. The molecule has 2 aromatic carbocycles. The van der Waals surface area contributed by atoms with Crippen LogP contribution >= 0.6 is 11.8 Å². The molecule has 0 radical (unpaired) electrons. The summed E-state index contributed by atoms with van der Waals surface area (Å²) < 4.78 is 6.36. The number of anilines is 2. The first-order valence-electron chi connectivity index (χ1n) is 8.77. The average molecular weight is 442 g/mol. The Morgan fingerprint density at radius 2 is 2.03 bits per heavy atom. The molecule has 0 aliphatic heterocycles. The van der Waals surface area contributed by atoms with E-state index in [2.05, 4.69) is 26.0 Å². The number of benzene rings is 2. The van der Waals surface area contributed by atoms with E-state index >= 15 is 0 Å². The van der Waals surface area contributed by atoms with Gasteiger partial charge < -0.3 is 15.9 Å². The SMILES string of the molecule is COc1ccccc1NC(=O)CSc1nnc(N/N=C/c2ccc([N+](=O)[O-])cc2)n1N. The zero-order chi connectivity index (χ0) is 22.2. The summed E-state index contributed by atoms with van der Waals surface area (Å²) in [6.45, 7) is 0. The van der Waals surface area contributed by atoms with Crippen LogP contribution in [0.1, 0.15) is 5.56 Å². The third-order valence-electron chi connectivity index (χ3n) is 3.86. The molecule has 160 valence electrons. The molecule has 3 rings (SSSR count). The zero-order valence-corrected chi connectivity index (χ0v) is 17.1. The zero-order valence-electron chi connectivity index (χ0n) is 16.3. The van der Waals surface area contributed by atoms with E-state index in [4.69, 9.17) is 10.6 Å². The fourth-order valence-corrected chi connectivity index (χ4v) is 3.02. The van der Waals surface area contributed by atoms with Gasteiger partial charge in [-0.15, -0.1) is 10.2 Å². The molecule has 12 nitrogen and oxygen atoms in total. The van der Waals surface area contributed by atoms with Gasteiger partial charge in [-0.2, -0.15) is 5.10 Å². The number of nitro groups is 1. The molecule has 13 heteroatoms. The summed E-state index contributed by atoms with van der Waals surface area (Å²) in [4.78, 5) is 22.4. The molecule has 0 atom stereocenters. The molecule has 0 aliphatic rings. The van der Waals surface area contributed by atoms with E-state index in [0.29, 0.717) is 22.2 Å². The molecule has 0 unspecified atom stereocenters. The van der Waals surface area contributed by atoms with E-state index in [0.717, 1.165) is 16.4 Å². The van der Waals surface area contributed by atoms with E-state index in [9.17, 15) is 14.9 Å².